The normalized spacial score (nSPS) is 11.8. The van der Waals surface area contributed by atoms with Gasteiger partial charge in [0.25, 0.3) is 5.56 Å². The molecule has 0 spiro atoms. The van der Waals surface area contributed by atoms with Gasteiger partial charge in [-0.05, 0) is 56.1 Å². The predicted molar refractivity (Wildman–Crippen MR) is 139 cm³/mol. The maximum Gasteiger partial charge on any atom is 0.282 e. The van der Waals surface area contributed by atoms with Crippen LogP contribution in [-0.4, -0.2) is 29.6 Å². The summed E-state index contributed by atoms with van der Waals surface area (Å²) in [6.45, 7) is 9.98. The van der Waals surface area contributed by atoms with Gasteiger partial charge in [-0.3, -0.25) is 4.79 Å². The number of benzene rings is 2. The fourth-order valence-electron chi connectivity index (χ4n) is 2.99. The fourth-order valence-corrected chi connectivity index (χ4v) is 4.29. The second kappa shape index (κ2) is 9.89. The predicted octanol–water partition coefficient (Wildman–Crippen LogP) is 6.44. The van der Waals surface area contributed by atoms with Crippen LogP contribution in [-0.2, 0) is 5.41 Å². The third kappa shape index (κ3) is 5.00. The topological polar surface area (TPSA) is 65.7 Å². The van der Waals surface area contributed by atoms with Gasteiger partial charge in [0.05, 0.1) is 28.7 Å². The maximum atomic E-state index is 13.3. The van der Waals surface area contributed by atoms with Gasteiger partial charge in [-0.1, -0.05) is 49.4 Å². The molecule has 0 amide bonds. The van der Waals surface area contributed by atoms with Crippen LogP contribution in [0, 0.1) is 0 Å². The van der Waals surface area contributed by atoms with E-state index in [1.807, 2.05) is 32.9 Å². The highest BCUT2D eigenvalue weighted by molar-refractivity contribution is 9.13. The third-order valence-electron chi connectivity index (χ3n) is 4.51. The Balaban J connectivity index is 2.20. The maximum absolute atomic E-state index is 13.3. The van der Waals surface area contributed by atoms with Crippen molar-refractivity contribution in [1.29, 1.82) is 0 Å². The SMILES string of the molecule is C=CCOc1c(OC)cc(C=Nn2c(C(C)(C)C)nc3ccc(Br)cc3c2=O)c(Br)c1Br. The minimum Gasteiger partial charge on any atom is -0.493 e. The molecule has 0 bridgehead atoms. The van der Waals surface area contributed by atoms with Crippen molar-refractivity contribution in [2.45, 2.75) is 26.2 Å². The van der Waals surface area contributed by atoms with Crippen molar-refractivity contribution in [3.8, 4) is 11.5 Å². The first-order valence-corrected chi connectivity index (χ1v) is 12.0. The van der Waals surface area contributed by atoms with Gasteiger partial charge in [-0.2, -0.15) is 9.78 Å². The standard InChI is InChI=1S/C23H22Br3N3O3/c1-6-9-32-20-17(31-5)10-13(18(25)19(20)26)12-27-29-21(30)15-11-14(24)7-8-16(15)28-22(29)23(2,3)4/h6-8,10-12H,1,9H2,2-5H3. The summed E-state index contributed by atoms with van der Waals surface area (Å²) in [5.41, 5.74) is 0.672. The van der Waals surface area contributed by atoms with Gasteiger partial charge in [-0.25, -0.2) is 4.98 Å². The van der Waals surface area contributed by atoms with Crippen molar-refractivity contribution in [2.24, 2.45) is 5.10 Å². The molecule has 3 rings (SSSR count). The van der Waals surface area contributed by atoms with Gasteiger partial charge in [0.2, 0.25) is 0 Å². The quantitative estimate of drug-likeness (QED) is 0.233. The largest absolute Gasteiger partial charge is 0.493 e. The number of hydrogen-bond donors (Lipinski definition) is 0. The van der Waals surface area contributed by atoms with Crippen molar-refractivity contribution in [3.05, 3.63) is 72.1 Å². The Morgan fingerprint density at radius 1 is 1.19 bits per heavy atom. The summed E-state index contributed by atoms with van der Waals surface area (Å²) in [6.07, 6.45) is 3.25. The van der Waals surface area contributed by atoms with Gasteiger partial charge in [0.15, 0.2) is 11.5 Å². The average molecular weight is 628 g/mol. The molecule has 0 saturated heterocycles. The molecule has 0 N–H and O–H groups in total. The lowest BCUT2D eigenvalue weighted by molar-refractivity contribution is 0.324. The second-order valence-electron chi connectivity index (χ2n) is 7.93. The number of fused-ring (bicyclic) bond motifs is 1. The van der Waals surface area contributed by atoms with E-state index in [1.54, 1.807) is 31.5 Å². The van der Waals surface area contributed by atoms with Gasteiger partial charge in [0.1, 0.15) is 12.4 Å². The third-order valence-corrected chi connectivity index (χ3v) is 7.15. The van der Waals surface area contributed by atoms with Crippen LogP contribution in [0.1, 0.15) is 32.2 Å². The molecular weight excluding hydrogens is 606 g/mol. The van der Waals surface area contributed by atoms with E-state index in [2.05, 4.69) is 59.5 Å². The van der Waals surface area contributed by atoms with Crippen molar-refractivity contribution < 1.29 is 9.47 Å². The lowest BCUT2D eigenvalue weighted by Crippen LogP contribution is -2.29. The van der Waals surface area contributed by atoms with Crippen LogP contribution in [0.4, 0.5) is 0 Å². The number of methoxy groups -OCH3 is 1. The Bertz CT molecular complexity index is 1280. The molecular formula is C23H22Br3N3O3. The van der Waals surface area contributed by atoms with E-state index in [9.17, 15) is 4.79 Å². The molecule has 0 fully saturated rings. The van der Waals surface area contributed by atoms with Crippen LogP contribution in [0.2, 0.25) is 0 Å². The van der Waals surface area contributed by atoms with Gasteiger partial charge in [-0.15, -0.1) is 0 Å². The molecule has 0 aliphatic rings. The van der Waals surface area contributed by atoms with Crippen molar-refractivity contribution >= 4 is 64.9 Å². The Labute approximate surface area is 211 Å². The molecule has 0 aliphatic heterocycles. The lowest BCUT2D eigenvalue weighted by atomic mass is 9.95. The zero-order valence-electron chi connectivity index (χ0n) is 18.1. The molecule has 6 nitrogen and oxygen atoms in total. The van der Waals surface area contributed by atoms with Crippen LogP contribution < -0.4 is 15.0 Å². The minimum absolute atomic E-state index is 0.245. The zero-order valence-corrected chi connectivity index (χ0v) is 22.8. The Morgan fingerprint density at radius 2 is 1.91 bits per heavy atom. The van der Waals surface area contributed by atoms with Crippen LogP contribution in [0.15, 0.2) is 60.2 Å². The van der Waals surface area contributed by atoms with Crippen LogP contribution >= 0.6 is 47.8 Å². The first kappa shape index (κ1) is 24.7. The molecule has 168 valence electrons. The highest BCUT2D eigenvalue weighted by Crippen LogP contribution is 2.42. The molecule has 0 atom stereocenters. The molecule has 0 aliphatic carbocycles. The van der Waals surface area contributed by atoms with E-state index in [1.165, 1.54) is 4.68 Å². The van der Waals surface area contributed by atoms with Crippen LogP contribution in [0.25, 0.3) is 10.9 Å². The number of aromatic nitrogens is 2. The average Bonchev–Trinajstić information content (AvgIpc) is 2.74. The minimum atomic E-state index is -0.407. The summed E-state index contributed by atoms with van der Waals surface area (Å²) in [7, 11) is 1.56. The summed E-state index contributed by atoms with van der Waals surface area (Å²) in [5.74, 6) is 1.62. The van der Waals surface area contributed by atoms with E-state index in [0.717, 1.165) is 4.47 Å². The molecule has 32 heavy (non-hydrogen) atoms. The van der Waals surface area contributed by atoms with E-state index < -0.39 is 5.41 Å². The summed E-state index contributed by atoms with van der Waals surface area (Å²) in [4.78, 5) is 18.1. The number of halogens is 3. The highest BCUT2D eigenvalue weighted by atomic mass is 79.9. The molecule has 1 heterocycles. The fraction of sp³-hybridized carbons (Fsp3) is 0.261. The van der Waals surface area contributed by atoms with Gasteiger partial charge >= 0.3 is 0 Å². The first-order chi connectivity index (χ1) is 15.1. The summed E-state index contributed by atoms with van der Waals surface area (Å²) < 4.78 is 14.7. The van der Waals surface area contributed by atoms with Crippen LogP contribution in [0.5, 0.6) is 11.5 Å². The van der Waals surface area contributed by atoms with E-state index in [0.29, 0.717) is 49.3 Å². The highest BCUT2D eigenvalue weighted by Gasteiger charge is 2.23. The van der Waals surface area contributed by atoms with Crippen molar-refractivity contribution in [1.82, 2.24) is 9.66 Å². The van der Waals surface area contributed by atoms with E-state index >= 15 is 0 Å². The number of nitrogens with zero attached hydrogens (tertiary/aromatic N) is 3. The van der Waals surface area contributed by atoms with Crippen LogP contribution in [0.3, 0.4) is 0 Å². The molecule has 2 aromatic carbocycles. The summed E-state index contributed by atoms with van der Waals surface area (Å²) >= 11 is 10.5. The van der Waals surface area contributed by atoms with E-state index in [4.69, 9.17) is 14.5 Å². The second-order valence-corrected chi connectivity index (χ2v) is 10.4. The van der Waals surface area contributed by atoms with Crippen molar-refractivity contribution in [2.75, 3.05) is 13.7 Å². The number of rotatable bonds is 6. The first-order valence-electron chi connectivity index (χ1n) is 9.65. The Hall–Kier alpha value is -1.97. The zero-order chi connectivity index (χ0) is 23.6. The smallest absolute Gasteiger partial charge is 0.282 e. The lowest BCUT2D eigenvalue weighted by Gasteiger charge is -2.21. The molecule has 3 aromatic rings. The van der Waals surface area contributed by atoms with Gasteiger partial charge < -0.3 is 9.47 Å². The number of hydrogen-bond acceptors (Lipinski definition) is 5. The molecule has 1 aromatic heterocycles. The Morgan fingerprint density at radius 3 is 2.53 bits per heavy atom. The van der Waals surface area contributed by atoms with E-state index in [-0.39, 0.29) is 5.56 Å². The molecule has 0 radical (unpaired) electrons. The summed E-state index contributed by atoms with van der Waals surface area (Å²) in [5, 5.41) is 5.01. The monoisotopic (exact) mass is 625 g/mol. The molecule has 0 unspecified atom stereocenters. The number of ether oxygens (including phenoxy) is 2. The molecule has 9 heteroatoms. The summed E-state index contributed by atoms with van der Waals surface area (Å²) in [6, 6.07) is 7.23. The Kier molecular flexibility index (Phi) is 7.62. The molecule has 0 saturated carbocycles. The van der Waals surface area contributed by atoms with Crippen molar-refractivity contribution in [3.63, 3.8) is 0 Å². The van der Waals surface area contributed by atoms with Gasteiger partial charge in [0, 0.05) is 19.9 Å².